The summed E-state index contributed by atoms with van der Waals surface area (Å²) in [6.07, 6.45) is 9.16. The molecule has 0 unspecified atom stereocenters. The average molecular weight is 324 g/mol. The molecule has 2 fully saturated rings. The molecule has 1 saturated heterocycles. The van der Waals surface area contributed by atoms with E-state index < -0.39 is 0 Å². The lowest BCUT2D eigenvalue weighted by Crippen LogP contribution is -2.44. The zero-order valence-electron chi connectivity index (χ0n) is 14.4. The molecule has 0 aromatic rings. The minimum Gasteiger partial charge on any atom is -0.343 e. The van der Waals surface area contributed by atoms with E-state index >= 15 is 0 Å². The number of amides is 3. The topological polar surface area (TPSA) is 73.5 Å². The summed E-state index contributed by atoms with van der Waals surface area (Å²) in [6, 6.07) is 0.610. The maximum atomic E-state index is 12.2. The highest BCUT2D eigenvalue weighted by Crippen LogP contribution is 2.17. The van der Waals surface area contributed by atoms with E-state index in [-0.39, 0.29) is 11.9 Å². The number of hydrogen-bond donors (Lipinski definition) is 3. The van der Waals surface area contributed by atoms with Gasteiger partial charge in [0.2, 0.25) is 5.91 Å². The SMILES string of the molecule is CN(C(=O)CCCNC(=O)NC1CCCCC1)C1CCNCC1. The van der Waals surface area contributed by atoms with Crippen LogP contribution in [0.4, 0.5) is 4.79 Å². The monoisotopic (exact) mass is 324 g/mol. The van der Waals surface area contributed by atoms with Crippen LogP contribution in [0, 0.1) is 0 Å². The first-order chi connectivity index (χ1) is 11.2. The molecule has 1 aliphatic heterocycles. The van der Waals surface area contributed by atoms with E-state index in [4.69, 9.17) is 0 Å². The first-order valence-electron chi connectivity index (χ1n) is 9.17. The highest BCUT2D eigenvalue weighted by molar-refractivity contribution is 5.76. The Labute approximate surface area is 139 Å². The van der Waals surface area contributed by atoms with Gasteiger partial charge in [0, 0.05) is 32.1 Å². The van der Waals surface area contributed by atoms with Crippen LogP contribution in [0.5, 0.6) is 0 Å². The van der Waals surface area contributed by atoms with E-state index in [0.29, 0.717) is 31.5 Å². The third-order valence-corrected chi connectivity index (χ3v) is 5.04. The summed E-state index contributed by atoms with van der Waals surface area (Å²) in [5.74, 6) is 0.186. The molecule has 6 nitrogen and oxygen atoms in total. The summed E-state index contributed by atoms with van der Waals surface area (Å²) in [4.78, 5) is 25.9. The summed E-state index contributed by atoms with van der Waals surface area (Å²) in [6.45, 7) is 2.54. The zero-order chi connectivity index (χ0) is 16.5. The van der Waals surface area contributed by atoms with E-state index in [9.17, 15) is 9.59 Å². The minimum absolute atomic E-state index is 0.0870. The van der Waals surface area contributed by atoms with Gasteiger partial charge in [-0.05, 0) is 45.2 Å². The molecule has 0 radical (unpaired) electrons. The van der Waals surface area contributed by atoms with Crippen LogP contribution >= 0.6 is 0 Å². The molecule has 0 aromatic heterocycles. The van der Waals surface area contributed by atoms with Gasteiger partial charge in [-0.15, -0.1) is 0 Å². The van der Waals surface area contributed by atoms with Crippen molar-refractivity contribution in [1.82, 2.24) is 20.9 Å². The lowest BCUT2D eigenvalue weighted by Gasteiger charge is -2.31. The third-order valence-electron chi connectivity index (χ3n) is 5.04. The number of carbonyl (C=O) groups is 2. The van der Waals surface area contributed by atoms with Crippen molar-refractivity contribution in [1.29, 1.82) is 0 Å². The number of hydrogen-bond acceptors (Lipinski definition) is 3. The summed E-state index contributed by atoms with van der Waals surface area (Å²) in [5.41, 5.74) is 0. The maximum Gasteiger partial charge on any atom is 0.315 e. The van der Waals surface area contributed by atoms with E-state index in [1.54, 1.807) is 0 Å². The van der Waals surface area contributed by atoms with Crippen LogP contribution in [0.1, 0.15) is 57.8 Å². The van der Waals surface area contributed by atoms with E-state index in [2.05, 4.69) is 16.0 Å². The molecular weight excluding hydrogens is 292 g/mol. The van der Waals surface area contributed by atoms with Gasteiger partial charge in [-0.25, -0.2) is 4.79 Å². The molecule has 1 heterocycles. The number of piperidine rings is 1. The molecule has 2 aliphatic rings. The van der Waals surface area contributed by atoms with Gasteiger partial charge in [0.15, 0.2) is 0 Å². The Morgan fingerprint density at radius 3 is 2.48 bits per heavy atom. The third kappa shape index (κ3) is 6.37. The second-order valence-corrected chi connectivity index (χ2v) is 6.82. The molecule has 0 aromatic carbocycles. The predicted octanol–water partition coefficient (Wildman–Crippen LogP) is 1.61. The van der Waals surface area contributed by atoms with Crippen molar-refractivity contribution >= 4 is 11.9 Å². The van der Waals surface area contributed by atoms with Gasteiger partial charge in [0.1, 0.15) is 0 Å². The van der Waals surface area contributed by atoms with Gasteiger partial charge in [-0.3, -0.25) is 4.79 Å². The summed E-state index contributed by atoms with van der Waals surface area (Å²) < 4.78 is 0. The van der Waals surface area contributed by atoms with Crippen molar-refractivity contribution in [3.05, 3.63) is 0 Å². The standard InChI is InChI=1S/C17H32N4O2/c1-21(15-9-12-18-13-10-15)16(22)8-5-11-19-17(23)20-14-6-3-2-4-7-14/h14-15,18H,2-13H2,1H3,(H2,19,20,23). The molecule has 2 rings (SSSR count). The average Bonchev–Trinajstić information content (AvgIpc) is 2.59. The highest BCUT2D eigenvalue weighted by atomic mass is 16.2. The van der Waals surface area contributed by atoms with Gasteiger partial charge in [-0.2, -0.15) is 0 Å². The normalized spacial score (nSPS) is 20.0. The van der Waals surface area contributed by atoms with Crippen molar-refractivity contribution in [3.8, 4) is 0 Å². The van der Waals surface area contributed by atoms with Crippen LogP contribution in [0.25, 0.3) is 0 Å². The highest BCUT2D eigenvalue weighted by Gasteiger charge is 2.21. The number of nitrogens with zero attached hydrogens (tertiary/aromatic N) is 1. The molecule has 132 valence electrons. The fourth-order valence-electron chi connectivity index (χ4n) is 3.50. The van der Waals surface area contributed by atoms with Crippen LogP contribution in [-0.2, 0) is 4.79 Å². The van der Waals surface area contributed by atoms with Crippen LogP contribution in [0.2, 0.25) is 0 Å². The molecule has 0 bridgehead atoms. The zero-order valence-corrected chi connectivity index (χ0v) is 14.4. The van der Waals surface area contributed by atoms with E-state index in [1.165, 1.54) is 19.3 Å². The van der Waals surface area contributed by atoms with E-state index in [1.807, 2.05) is 11.9 Å². The summed E-state index contributed by atoms with van der Waals surface area (Å²) in [5, 5.41) is 9.22. The molecule has 1 aliphatic carbocycles. The van der Waals surface area contributed by atoms with Gasteiger partial charge in [-0.1, -0.05) is 19.3 Å². The fourth-order valence-corrected chi connectivity index (χ4v) is 3.50. The molecule has 3 amide bonds. The maximum absolute atomic E-state index is 12.2. The Kier molecular flexibility index (Phi) is 7.65. The lowest BCUT2D eigenvalue weighted by atomic mass is 9.96. The van der Waals surface area contributed by atoms with Crippen LogP contribution in [-0.4, -0.2) is 55.6 Å². The smallest absolute Gasteiger partial charge is 0.315 e. The van der Waals surface area contributed by atoms with Crippen molar-refractivity contribution in [2.75, 3.05) is 26.7 Å². The van der Waals surface area contributed by atoms with Gasteiger partial charge in [0.05, 0.1) is 0 Å². The van der Waals surface area contributed by atoms with Gasteiger partial charge < -0.3 is 20.9 Å². The lowest BCUT2D eigenvalue weighted by molar-refractivity contribution is -0.132. The summed E-state index contributed by atoms with van der Waals surface area (Å²) >= 11 is 0. The first kappa shape index (κ1) is 18.0. The number of nitrogens with one attached hydrogen (secondary N) is 3. The predicted molar refractivity (Wildman–Crippen MR) is 91.3 cm³/mol. The Morgan fingerprint density at radius 1 is 1.09 bits per heavy atom. The minimum atomic E-state index is -0.0870. The van der Waals surface area contributed by atoms with Crippen molar-refractivity contribution < 1.29 is 9.59 Å². The largest absolute Gasteiger partial charge is 0.343 e. The summed E-state index contributed by atoms with van der Waals surface area (Å²) in [7, 11) is 1.90. The number of urea groups is 1. The van der Waals surface area contributed by atoms with Crippen LogP contribution in [0.15, 0.2) is 0 Å². The fraction of sp³-hybridized carbons (Fsp3) is 0.882. The van der Waals surface area contributed by atoms with Crippen LogP contribution < -0.4 is 16.0 Å². The number of rotatable bonds is 6. The Balaban J connectivity index is 1.55. The Hall–Kier alpha value is -1.30. The Bertz CT molecular complexity index is 377. The molecule has 23 heavy (non-hydrogen) atoms. The second kappa shape index (κ2) is 9.75. The van der Waals surface area contributed by atoms with Crippen LogP contribution in [0.3, 0.4) is 0 Å². The quantitative estimate of drug-likeness (QED) is 0.650. The van der Waals surface area contributed by atoms with Crippen molar-refractivity contribution in [3.63, 3.8) is 0 Å². The van der Waals surface area contributed by atoms with Gasteiger partial charge in [0.25, 0.3) is 0 Å². The number of carbonyl (C=O) groups excluding carboxylic acids is 2. The molecule has 3 N–H and O–H groups in total. The second-order valence-electron chi connectivity index (χ2n) is 6.82. The molecule has 1 saturated carbocycles. The molecular formula is C17H32N4O2. The molecule has 0 spiro atoms. The Morgan fingerprint density at radius 2 is 1.78 bits per heavy atom. The van der Waals surface area contributed by atoms with Crippen molar-refractivity contribution in [2.24, 2.45) is 0 Å². The first-order valence-corrected chi connectivity index (χ1v) is 9.17. The van der Waals surface area contributed by atoms with Crippen molar-refractivity contribution in [2.45, 2.75) is 69.9 Å². The van der Waals surface area contributed by atoms with Gasteiger partial charge >= 0.3 is 6.03 Å². The molecule has 0 atom stereocenters. The van der Waals surface area contributed by atoms with E-state index in [0.717, 1.165) is 38.8 Å². The molecule has 6 heteroatoms.